The second kappa shape index (κ2) is 7.46. The van der Waals surface area contributed by atoms with Crippen molar-refractivity contribution in [3.63, 3.8) is 0 Å². The minimum absolute atomic E-state index is 0.0247. The van der Waals surface area contributed by atoms with E-state index >= 15 is 0 Å². The van der Waals surface area contributed by atoms with Crippen molar-refractivity contribution < 1.29 is 18.3 Å². The van der Waals surface area contributed by atoms with Gasteiger partial charge in [0, 0.05) is 30.8 Å². The molecule has 0 N–H and O–H groups in total. The van der Waals surface area contributed by atoms with Crippen LogP contribution in [0.1, 0.15) is 0 Å². The number of carbonyl (C=O) groups excluding carboxylic acids is 1. The number of benzene rings is 2. The quantitative estimate of drug-likeness (QED) is 0.565. The molecule has 0 spiro atoms. The van der Waals surface area contributed by atoms with E-state index in [1.54, 1.807) is 11.0 Å². The van der Waals surface area contributed by atoms with Gasteiger partial charge in [-0.05, 0) is 30.3 Å². The van der Waals surface area contributed by atoms with Crippen LogP contribution in [0.25, 0.3) is 22.0 Å². The van der Waals surface area contributed by atoms with E-state index in [4.69, 9.17) is 16.3 Å². The number of ether oxygens (including phenoxy) is 1. The molecule has 2 aromatic carbocycles. The molecular weight excluding hydrogens is 426 g/mol. The van der Waals surface area contributed by atoms with Crippen molar-refractivity contribution in [1.29, 1.82) is 0 Å². The fourth-order valence-electron chi connectivity index (χ4n) is 4.19. The molecule has 0 saturated carbocycles. The molecule has 1 aromatic heterocycles. The molecular formula is C22H17ClF2N4O2. The van der Waals surface area contributed by atoms with Gasteiger partial charge in [0.05, 0.1) is 22.0 Å². The van der Waals surface area contributed by atoms with Crippen LogP contribution in [0, 0.1) is 11.6 Å². The number of amides is 1. The molecule has 3 aromatic rings. The molecule has 3 heterocycles. The van der Waals surface area contributed by atoms with Gasteiger partial charge in [0.1, 0.15) is 30.4 Å². The van der Waals surface area contributed by atoms with Crippen LogP contribution >= 0.6 is 11.6 Å². The lowest BCUT2D eigenvalue weighted by Crippen LogP contribution is -2.56. The fraction of sp³-hybridized carbons (Fsp3) is 0.227. The number of aromatic nitrogens is 2. The smallest absolute Gasteiger partial charge is 0.246 e. The number of carbonyl (C=O) groups is 1. The Balaban J connectivity index is 1.66. The van der Waals surface area contributed by atoms with Crippen LogP contribution in [0.15, 0.2) is 43.2 Å². The monoisotopic (exact) mass is 442 g/mol. The Morgan fingerprint density at radius 1 is 1.23 bits per heavy atom. The molecule has 9 heteroatoms. The summed E-state index contributed by atoms with van der Waals surface area (Å²) in [5.74, 6) is -0.359. The molecule has 5 rings (SSSR count). The average molecular weight is 443 g/mol. The summed E-state index contributed by atoms with van der Waals surface area (Å²) in [6.07, 6.45) is 2.71. The fourth-order valence-corrected chi connectivity index (χ4v) is 4.49. The van der Waals surface area contributed by atoms with Gasteiger partial charge < -0.3 is 14.5 Å². The number of halogens is 3. The van der Waals surface area contributed by atoms with E-state index in [1.165, 1.54) is 12.4 Å². The molecule has 0 bridgehead atoms. The number of piperazine rings is 1. The molecule has 158 valence electrons. The third-order valence-electron chi connectivity index (χ3n) is 5.68. The number of hydrogen-bond acceptors (Lipinski definition) is 5. The summed E-state index contributed by atoms with van der Waals surface area (Å²) >= 11 is 6.66. The van der Waals surface area contributed by atoms with E-state index in [0.717, 1.165) is 18.2 Å². The molecule has 1 saturated heterocycles. The molecule has 0 radical (unpaired) electrons. The minimum Gasteiger partial charge on any atom is -0.489 e. The Morgan fingerprint density at radius 2 is 2.06 bits per heavy atom. The highest BCUT2D eigenvalue weighted by Crippen LogP contribution is 2.46. The largest absolute Gasteiger partial charge is 0.489 e. The summed E-state index contributed by atoms with van der Waals surface area (Å²) in [4.78, 5) is 24.7. The predicted molar refractivity (Wildman–Crippen MR) is 113 cm³/mol. The first-order chi connectivity index (χ1) is 15.0. The topological polar surface area (TPSA) is 58.6 Å². The van der Waals surface area contributed by atoms with Crippen LogP contribution in [0.2, 0.25) is 5.02 Å². The summed E-state index contributed by atoms with van der Waals surface area (Å²) in [5, 5.41) is 0.769. The van der Waals surface area contributed by atoms with Crippen LogP contribution in [0.4, 0.5) is 14.6 Å². The van der Waals surface area contributed by atoms with Crippen molar-refractivity contribution in [3.05, 3.63) is 59.9 Å². The van der Waals surface area contributed by atoms with Gasteiger partial charge in [-0.25, -0.2) is 18.7 Å². The second-order valence-electron chi connectivity index (χ2n) is 7.43. The van der Waals surface area contributed by atoms with Crippen LogP contribution in [0.3, 0.4) is 0 Å². The van der Waals surface area contributed by atoms with Crippen molar-refractivity contribution >= 4 is 34.2 Å². The summed E-state index contributed by atoms with van der Waals surface area (Å²) in [6, 6.07) is 4.66. The zero-order valence-electron chi connectivity index (χ0n) is 16.3. The second-order valence-corrected chi connectivity index (χ2v) is 7.81. The van der Waals surface area contributed by atoms with E-state index in [-0.39, 0.29) is 34.7 Å². The van der Waals surface area contributed by atoms with Gasteiger partial charge in [-0.15, -0.1) is 0 Å². The Hall–Kier alpha value is -3.26. The van der Waals surface area contributed by atoms with Crippen LogP contribution < -0.4 is 9.64 Å². The number of anilines is 1. The summed E-state index contributed by atoms with van der Waals surface area (Å²) < 4.78 is 34.4. The van der Waals surface area contributed by atoms with Crippen LogP contribution in [-0.4, -0.2) is 53.1 Å². The van der Waals surface area contributed by atoms with E-state index in [9.17, 15) is 13.6 Å². The highest BCUT2D eigenvalue weighted by atomic mass is 35.5. The lowest BCUT2D eigenvalue weighted by molar-refractivity contribution is -0.126. The van der Waals surface area contributed by atoms with Crippen molar-refractivity contribution in [2.24, 2.45) is 0 Å². The third-order valence-corrected chi connectivity index (χ3v) is 6.06. The van der Waals surface area contributed by atoms with E-state index in [2.05, 4.69) is 21.4 Å². The molecule has 1 atom stereocenters. The third kappa shape index (κ3) is 3.18. The van der Waals surface area contributed by atoms with Crippen molar-refractivity contribution in [2.75, 3.05) is 31.1 Å². The Kier molecular flexibility index (Phi) is 4.74. The van der Waals surface area contributed by atoms with Gasteiger partial charge >= 0.3 is 0 Å². The summed E-state index contributed by atoms with van der Waals surface area (Å²) in [5.41, 5.74) is 0.819. The van der Waals surface area contributed by atoms with Crippen molar-refractivity contribution in [2.45, 2.75) is 6.04 Å². The van der Waals surface area contributed by atoms with E-state index in [0.29, 0.717) is 42.1 Å². The maximum absolute atomic E-state index is 14.5. The number of hydrogen-bond donors (Lipinski definition) is 0. The average Bonchev–Trinajstić information content (AvgIpc) is 2.95. The lowest BCUT2D eigenvalue weighted by Gasteiger charge is -2.40. The predicted octanol–water partition coefficient (Wildman–Crippen LogP) is 3.82. The molecule has 0 aliphatic carbocycles. The van der Waals surface area contributed by atoms with Crippen LogP contribution in [-0.2, 0) is 4.79 Å². The normalized spacial score (nSPS) is 17.7. The number of nitrogens with zero attached hydrogens (tertiary/aromatic N) is 4. The maximum atomic E-state index is 14.5. The van der Waals surface area contributed by atoms with Gasteiger partial charge in [-0.2, -0.15) is 0 Å². The number of fused-ring (bicyclic) bond motifs is 2. The Morgan fingerprint density at radius 3 is 2.87 bits per heavy atom. The SMILES string of the molecule is C=CC(=O)N1CCN2c3ncnc4cc(-c5cc(F)ccc5F)c(Cl)c(c34)OC[C@@H]2C1. The van der Waals surface area contributed by atoms with Gasteiger partial charge in [-0.3, -0.25) is 4.79 Å². The molecule has 31 heavy (non-hydrogen) atoms. The molecule has 0 unspecified atom stereocenters. The Bertz CT molecular complexity index is 1240. The molecule has 2 aliphatic rings. The zero-order chi connectivity index (χ0) is 21.7. The standard InChI is InChI=1S/C22H17ClF2N4O2/c1-2-18(30)28-5-6-29-13(9-28)10-31-21-19-17(26-11-27-22(19)29)8-15(20(21)23)14-7-12(24)3-4-16(14)25/h2-4,7-8,11,13H,1,5-6,9-10H2/t13-/m0/s1. The van der Waals surface area contributed by atoms with Gasteiger partial charge in [0.2, 0.25) is 5.91 Å². The van der Waals surface area contributed by atoms with E-state index < -0.39 is 11.6 Å². The van der Waals surface area contributed by atoms with Gasteiger partial charge in [-0.1, -0.05) is 18.2 Å². The van der Waals surface area contributed by atoms with Crippen molar-refractivity contribution in [3.8, 4) is 16.9 Å². The molecule has 6 nitrogen and oxygen atoms in total. The first-order valence-corrected chi connectivity index (χ1v) is 10.1. The highest BCUT2D eigenvalue weighted by molar-refractivity contribution is 6.36. The van der Waals surface area contributed by atoms with Crippen LogP contribution in [0.5, 0.6) is 5.75 Å². The zero-order valence-corrected chi connectivity index (χ0v) is 17.1. The first kappa shape index (κ1) is 19.7. The maximum Gasteiger partial charge on any atom is 0.246 e. The molecule has 2 aliphatic heterocycles. The number of rotatable bonds is 2. The molecule has 1 amide bonds. The summed E-state index contributed by atoms with van der Waals surface area (Å²) in [6.45, 7) is 5.30. The lowest BCUT2D eigenvalue weighted by atomic mass is 10.0. The first-order valence-electron chi connectivity index (χ1n) is 9.71. The van der Waals surface area contributed by atoms with Crippen molar-refractivity contribution in [1.82, 2.24) is 14.9 Å². The Labute approximate surface area is 181 Å². The van der Waals surface area contributed by atoms with Gasteiger partial charge in [0.15, 0.2) is 5.75 Å². The highest BCUT2D eigenvalue weighted by Gasteiger charge is 2.35. The summed E-state index contributed by atoms with van der Waals surface area (Å²) in [7, 11) is 0. The van der Waals surface area contributed by atoms with Gasteiger partial charge in [0.25, 0.3) is 0 Å². The molecule has 1 fully saturated rings. The van der Waals surface area contributed by atoms with E-state index in [1.807, 2.05) is 0 Å². The minimum atomic E-state index is -0.603.